The lowest BCUT2D eigenvalue weighted by molar-refractivity contribution is 0.0464. The smallest absolute Gasteiger partial charge is 0.348 e. The van der Waals surface area contributed by atoms with Gasteiger partial charge in [-0.1, -0.05) is 46.8 Å². The first kappa shape index (κ1) is 20.3. The van der Waals surface area contributed by atoms with Gasteiger partial charge < -0.3 is 10.1 Å². The monoisotopic (exact) mass is 397 g/mol. The number of carbonyl (C=O) groups is 1. The number of anilines is 2. The number of nitrogens with zero attached hydrogens (tertiary/aromatic N) is 2. The Morgan fingerprint density at radius 1 is 1.18 bits per heavy atom. The number of aromatic nitrogens is 2. The molecule has 0 saturated heterocycles. The first-order chi connectivity index (χ1) is 13.2. The maximum absolute atomic E-state index is 12.5. The molecule has 0 bridgehead atoms. The molecule has 0 saturated carbocycles. The van der Waals surface area contributed by atoms with Crippen LogP contribution in [0.4, 0.5) is 11.5 Å². The summed E-state index contributed by atoms with van der Waals surface area (Å²) in [6.07, 6.45) is 1.52. The zero-order valence-corrected chi connectivity index (χ0v) is 18.1. The molecule has 3 aromatic rings. The molecule has 1 aromatic carbocycles. The number of rotatable bonds is 5. The number of aryl methyl sites for hydroxylation is 1. The minimum atomic E-state index is -0.297. The van der Waals surface area contributed by atoms with Crippen LogP contribution >= 0.6 is 11.3 Å². The van der Waals surface area contributed by atoms with E-state index in [1.165, 1.54) is 23.2 Å². The van der Waals surface area contributed by atoms with Crippen LogP contribution in [0.1, 0.15) is 55.4 Å². The van der Waals surface area contributed by atoms with Gasteiger partial charge in [0.25, 0.3) is 0 Å². The summed E-state index contributed by atoms with van der Waals surface area (Å²) in [4.78, 5) is 22.6. The molecule has 3 rings (SSSR count). The van der Waals surface area contributed by atoms with Gasteiger partial charge in [0.05, 0.1) is 12.0 Å². The van der Waals surface area contributed by atoms with Crippen molar-refractivity contribution in [3.8, 4) is 0 Å². The summed E-state index contributed by atoms with van der Waals surface area (Å²) in [5.74, 6) is 0.701. The number of hydrogen-bond donors (Lipinski definition) is 1. The van der Waals surface area contributed by atoms with Crippen molar-refractivity contribution in [3.63, 3.8) is 0 Å². The van der Waals surface area contributed by atoms with Crippen molar-refractivity contribution < 1.29 is 9.53 Å². The molecule has 0 atom stereocenters. The van der Waals surface area contributed by atoms with Gasteiger partial charge in [-0.3, -0.25) is 0 Å². The molecule has 0 unspecified atom stereocenters. The Bertz CT molecular complexity index is 985. The van der Waals surface area contributed by atoms with E-state index >= 15 is 0 Å². The topological polar surface area (TPSA) is 64.1 Å². The fourth-order valence-electron chi connectivity index (χ4n) is 2.86. The molecule has 5 nitrogen and oxygen atoms in total. The van der Waals surface area contributed by atoms with Gasteiger partial charge in [-0.2, -0.15) is 0 Å². The second-order valence-electron chi connectivity index (χ2n) is 8.40. The molecule has 148 valence electrons. The highest BCUT2D eigenvalue weighted by atomic mass is 32.1. The fraction of sp³-hybridized carbons (Fsp3) is 0.409. The minimum absolute atomic E-state index is 0.107. The number of nitrogens with one attached hydrogen (secondary N) is 1. The van der Waals surface area contributed by atoms with Crippen molar-refractivity contribution in [2.75, 3.05) is 11.9 Å². The third-order valence-electron chi connectivity index (χ3n) is 4.47. The Labute approximate surface area is 170 Å². The third-order valence-corrected chi connectivity index (χ3v) is 5.65. The second-order valence-corrected chi connectivity index (χ2v) is 9.40. The predicted octanol–water partition coefficient (Wildman–Crippen LogP) is 5.85. The van der Waals surface area contributed by atoms with Gasteiger partial charge in [-0.15, -0.1) is 11.3 Å². The summed E-state index contributed by atoms with van der Waals surface area (Å²) in [5.41, 5.74) is 3.18. The first-order valence-electron chi connectivity index (χ1n) is 9.45. The van der Waals surface area contributed by atoms with Crippen LogP contribution in [0.5, 0.6) is 0 Å². The van der Waals surface area contributed by atoms with Crippen LogP contribution in [0.15, 0.2) is 30.6 Å². The highest BCUT2D eigenvalue weighted by Gasteiger charge is 2.21. The van der Waals surface area contributed by atoms with Gasteiger partial charge in [-0.05, 0) is 41.5 Å². The molecule has 0 aliphatic rings. The van der Waals surface area contributed by atoms with Crippen molar-refractivity contribution in [3.05, 3.63) is 46.6 Å². The van der Waals surface area contributed by atoms with Crippen LogP contribution < -0.4 is 5.32 Å². The average molecular weight is 398 g/mol. The van der Waals surface area contributed by atoms with E-state index in [-0.39, 0.29) is 11.4 Å². The highest BCUT2D eigenvalue weighted by Crippen LogP contribution is 2.35. The summed E-state index contributed by atoms with van der Waals surface area (Å²) >= 11 is 1.35. The molecule has 2 aromatic heterocycles. The van der Waals surface area contributed by atoms with Gasteiger partial charge in [0.15, 0.2) is 0 Å². The van der Waals surface area contributed by atoms with Crippen LogP contribution in [-0.2, 0) is 10.2 Å². The lowest BCUT2D eigenvalue weighted by Gasteiger charge is -2.19. The zero-order chi connectivity index (χ0) is 20.5. The van der Waals surface area contributed by atoms with E-state index in [2.05, 4.69) is 48.2 Å². The molecule has 0 spiro atoms. The van der Waals surface area contributed by atoms with Gasteiger partial charge in [-0.25, -0.2) is 14.8 Å². The lowest BCUT2D eigenvalue weighted by Crippen LogP contribution is -2.10. The molecule has 28 heavy (non-hydrogen) atoms. The summed E-state index contributed by atoms with van der Waals surface area (Å²) in [6.45, 7) is 12.9. The zero-order valence-electron chi connectivity index (χ0n) is 17.3. The Kier molecular flexibility index (Phi) is 5.70. The van der Waals surface area contributed by atoms with Crippen LogP contribution in [0.3, 0.4) is 0 Å². The lowest BCUT2D eigenvalue weighted by atomic mass is 9.87. The molecular weight excluding hydrogens is 370 g/mol. The molecule has 0 aliphatic heterocycles. The van der Waals surface area contributed by atoms with E-state index in [0.29, 0.717) is 23.2 Å². The number of hydrogen-bond acceptors (Lipinski definition) is 6. The number of thiophene rings is 1. The molecule has 2 heterocycles. The number of carbonyl (C=O) groups excluding carboxylic acids is 1. The van der Waals surface area contributed by atoms with E-state index < -0.39 is 0 Å². The Morgan fingerprint density at radius 3 is 2.46 bits per heavy atom. The van der Waals surface area contributed by atoms with Crippen LogP contribution in [0, 0.1) is 12.8 Å². The summed E-state index contributed by atoms with van der Waals surface area (Å²) < 4.78 is 5.41. The summed E-state index contributed by atoms with van der Waals surface area (Å²) in [7, 11) is 0. The molecule has 0 radical (unpaired) electrons. The molecule has 6 heteroatoms. The second kappa shape index (κ2) is 7.87. The quantitative estimate of drug-likeness (QED) is 0.547. The SMILES string of the molecule is Cc1c(C(=O)OCC(C)C)sc2ncnc(Nc3ccc(C(C)(C)C)cc3)c12. The number of esters is 1. The Balaban J connectivity index is 1.91. The van der Waals surface area contributed by atoms with Crippen LogP contribution in [-0.4, -0.2) is 22.5 Å². The van der Waals surface area contributed by atoms with Crippen molar-refractivity contribution in [1.82, 2.24) is 9.97 Å². The molecule has 0 amide bonds. The maximum Gasteiger partial charge on any atom is 0.348 e. The van der Waals surface area contributed by atoms with Crippen LogP contribution in [0.25, 0.3) is 10.2 Å². The highest BCUT2D eigenvalue weighted by molar-refractivity contribution is 7.20. The van der Waals surface area contributed by atoms with E-state index in [4.69, 9.17) is 4.74 Å². The first-order valence-corrected chi connectivity index (χ1v) is 10.3. The van der Waals surface area contributed by atoms with E-state index in [1.54, 1.807) is 0 Å². The molecule has 1 N–H and O–H groups in total. The number of benzene rings is 1. The van der Waals surface area contributed by atoms with Gasteiger partial charge in [0.2, 0.25) is 0 Å². The fourth-order valence-corrected chi connectivity index (χ4v) is 3.90. The van der Waals surface area contributed by atoms with Crippen LogP contribution in [0.2, 0.25) is 0 Å². The van der Waals surface area contributed by atoms with Crippen molar-refractivity contribution in [2.24, 2.45) is 5.92 Å². The summed E-state index contributed by atoms with van der Waals surface area (Å²) in [5, 5.41) is 4.24. The normalized spacial score (nSPS) is 11.8. The molecule has 0 aliphatic carbocycles. The third kappa shape index (κ3) is 4.33. The number of ether oxygens (including phenoxy) is 1. The minimum Gasteiger partial charge on any atom is -0.461 e. The predicted molar refractivity (Wildman–Crippen MR) is 116 cm³/mol. The largest absolute Gasteiger partial charge is 0.461 e. The van der Waals surface area contributed by atoms with Crippen molar-refractivity contribution in [2.45, 2.75) is 47.0 Å². The average Bonchev–Trinajstić information content (AvgIpc) is 2.97. The van der Waals surface area contributed by atoms with Crippen molar-refractivity contribution >= 4 is 39.0 Å². The van der Waals surface area contributed by atoms with Gasteiger partial charge in [0, 0.05) is 5.69 Å². The Morgan fingerprint density at radius 2 is 1.86 bits per heavy atom. The molecular formula is C22H27N3O2S. The molecule has 0 fully saturated rings. The maximum atomic E-state index is 12.5. The van der Waals surface area contributed by atoms with Crippen molar-refractivity contribution in [1.29, 1.82) is 0 Å². The Hall–Kier alpha value is -2.47. The van der Waals surface area contributed by atoms with E-state index in [9.17, 15) is 4.79 Å². The van der Waals surface area contributed by atoms with Gasteiger partial charge >= 0.3 is 5.97 Å². The standard InChI is InChI=1S/C22H27N3O2S/c1-13(2)11-27-21(26)18-14(3)17-19(23-12-24-20(17)28-18)25-16-9-7-15(8-10-16)22(4,5)6/h7-10,12-13H,11H2,1-6H3,(H,23,24,25). The van der Waals surface area contributed by atoms with E-state index in [1.807, 2.05) is 32.9 Å². The van der Waals surface area contributed by atoms with E-state index in [0.717, 1.165) is 21.5 Å². The van der Waals surface area contributed by atoms with Gasteiger partial charge in [0.1, 0.15) is 21.9 Å². The number of fused-ring (bicyclic) bond motifs is 1. The summed E-state index contributed by atoms with van der Waals surface area (Å²) in [6, 6.07) is 8.34.